The predicted octanol–water partition coefficient (Wildman–Crippen LogP) is 1.22. The van der Waals surface area contributed by atoms with Crippen LogP contribution in [0.4, 0.5) is 4.79 Å². The van der Waals surface area contributed by atoms with Crippen molar-refractivity contribution in [3.63, 3.8) is 0 Å². The molecule has 4 nitrogen and oxygen atoms in total. The van der Waals surface area contributed by atoms with Crippen LogP contribution in [0.5, 0.6) is 0 Å². The molecule has 1 rings (SSSR count). The molecular weight excluding hydrogens is 180 g/mol. The molecule has 0 bridgehead atoms. The molecule has 1 fully saturated rings. The van der Waals surface area contributed by atoms with Gasteiger partial charge in [0.1, 0.15) is 0 Å². The summed E-state index contributed by atoms with van der Waals surface area (Å²) in [6.45, 7) is 7.05. The highest BCUT2D eigenvalue weighted by molar-refractivity contribution is 5.67. The molecule has 0 radical (unpaired) electrons. The molecule has 0 aromatic carbocycles. The second kappa shape index (κ2) is 5.86. The Morgan fingerprint density at radius 1 is 1.43 bits per heavy atom. The van der Waals surface area contributed by atoms with Crippen LogP contribution >= 0.6 is 0 Å². The van der Waals surface area contributed by atoms with Gasteiger partial charge in [-0.2, -0.15) is 0 Å². The number of nitrogens with zero attached hydrogens (tertiary/aromatic N) is 1. The largest absolute Gasteiger partial charge is 0.450 e. The molecule has 0 aromatic rings. The molecule has 1 aliphatic heterocycles. The lowest BCUT2D eigenvalue weighted by Gasteiger charge is -2.31. The molecule has 0 aliphatic carbocycles. The van der Waals surface area contributed by atoms with E-state index in [9.17, 15) is 4.79 Å². The number of likely N-dealkylation sites (tertiary alicyclic amines) is 1. The summed E-state index contributed by atoms with van der Waals surface area (Å²) in [5, 5.41) is 3.40. The topological polar surface area (TPSA) is 41.6 Å². The normalized spacial score (nSPS) is 18.3. The quantitative estimate of drug-likeness (QED) is 0.744. The second-order valence-corrected chi connectivity index (χ2v) is 3.52. The smallest absolute Gasteiger partial charge is 0.409 e. The summed E-state index contributed by atoms with van der Waals surface area (Å²) in [6.07, 6.45) is 1.90. The van der Waals surface area contributed by atoms with Crippen molar-refractivity contribution in [2.75, 3.05) is 26.2 Å². The summed E-state index contributed by atoms with van der Waals surface area (Å²) in [5.41, 5.74) is 0. The molecule has 0 spiro atoms. The van der Waals surface area contributed by atoms with E-state index >= 15 is 0 Å². The number of hydrogen-bond donors (Lipinski definition) is 1. The molecule has 82 valence electrons. The van der Waals surface area contributed by atoms with Gasteiger partial charge in [0, 0.05) is 19.1 Å². The van der Waals surface area contributed by atoms with Crippen molar-refractivity contribution >= 4 is 6.09 Å². The number of carbonyl (C=O) groups excluding carboxylic acids is 1. The highest BCUT2D eigenvalue weighted by Gasteiger charge is 2.22. The van der Waals surface area contributed by atoms with Crippen LogP contribution in [-0.4, -0.2) is 43.3 Å². The summed E-state index contributed by atoms with van der Waals surface area (Å²) >= 11 is 0. The van der Waals surface area contributed by atoms with Crippen LogP contribution in [0.3, 0.4) is 0 Å². The molecule has 14 heavy (non-hydrogen) atoms. The van der Waals surface area contributed by atoms with Crippen molar-refractivity contribution in [3.05, 3.63) is 0 Å². The Kier molecular flexibility index (Phi) is 4.73. The van der Waals surface area contributed by atoms with Crippen molar-refractivity contribution in [2.24, 2.45) is 0 Å². The van der Waals surface area contributed by atoms with Gasteiger partial charge in [-0.05, 0) is 26.3 Å². The third-order valence-corrected chi connectivity index (χ3v) is 2.51. The number of piperidine rings is 1. The molecule has 0 aromatic heterocycles. The SMILES string of the molecule is CCNC1CCN(C(=O)OCC)CC1. The average Bonchev–Trinajstić information content (AvgIpc) is 2.20. The van der Waals surface area contributed by atoms with Crippen molar-refractivity contribution in [1.29, 1.82) is 0 Å². The zero-order chi connectivity index (χ0) is 10.4. The highest BCUT2D eigenvalue weighted by Crippen LogP contribution is 2.10. The molecule has 4 heteroatoms. The van der Waals surface area contributed by atoms with Gasteiger partial charge in [0.2, 0.25) is 0 Å². The third kappa shape index (κ3) is 3.18. The Morgan fingerprint density at radius 2 is 2.07 bits per heavy atom. The van der Waals surface area contributed by atoms with Gasteiger partial charge in [-0.1, -0.05) is 6.92 Å². The zero-order valence-corrected chi connectivity index (χ0v) is 9.08. The number of carbonyl (C=O) groups is 1. The highest BCUT2D eigenvalue weighted by atomic mass is 16.6. The summed E-state index contributed by atoms with van der Waals surface area (Å²) in [4.78, 5) is 13.1. The van der Waals surface area contributed by atoms with E-state index < -0.39 is 0 Å². The first-order chi connectivity index (χ1) is 6.77. The number of hydrogen-bond acceptors (Lipinski definition) is 3. The van der Waals surface area contributed by atoms with Gasteiger partial charge in [-0.25, -0.2) is 4.79 Å². The van der Waals surface area contributed by atoms with Crippen molar-refractivity contribution in [2.45, 2.75) is 32.7 Å². The molecule has 1 N–H and O–H groups in total. The minimum Gasteiger partial charge on any atom is -0.450 e. The number of ether oxygens (including phenoxy) is 1. The maximum atomic E-state index is 11.3. The van der Waals surface area contributed by atoms with Gasteiger partial charge in [0.25, 0.3) is 0 Å². The van der Waals surface area contributed by atoms with Crippen molar-refractivity contribution in [3.8, 4) is 0 Å². The fourth-order valence-electron chi connectivity index (χ4n) is 1.77. The lowest BCUT2D eigenvalue weighted by atomic mass is 10.1. The van der Waals surface area contributed by atoms with Gasteiger partial charge < -0.3 is 15.0 Å². The fourth-order valence-corrected chi connectivity index (χ4v) is 1.77. The molecular formula is C10H20N2O2. The van der Waals surface area contributed by atoms with Crippen LogP contribution in [0.25, 0.3) is 0 Å². The third-order valence-electron chi connectivity index (χ3n) is 2.51. The summed E-state index contributed by atoms with van der Waals surface area (Å²) in [5.74, 6) is 0. The van der Waals surface area contributed by atoms with E-state index in [2.05, 4.69) is 12.2 Å². The Morgan fingerprint density at radius 3 is 2.57 bits per heavy atom. The van der Waals surface area contributed by atoms with Crippen LogP contribution in [0.1, 0.15) is 26.7 Å². The van der Waals surface area contributed by atoms with E-state index in [4.69, 9.17) is 4.74 Å². The van der Waals surface area contributed by atoms with E-state index in [0.717, 1.165) is 32.5 Å². The Labute approximate surface area is 85.6 Å². The van der Waals surface area contributed by atoms with Crippen molar-refractivity contribution < 1.29 is 9.53 Å². The summed E-state index contributed by atoms with van der Waals surface area (Å²) < 4.78 is 4.94. The molecule has 1 amide bonds. The first-order valence-corrected chi connectivity index (χ1v) is 5.43. The van der Waals surface area contributed by atoms with E-state index in [-0.39, 0.29) is 6.09 Å². The first-order valence-electron chi connectivity index (χ1n) is 5.43. The van der Waals surface area contributed by atoms with Gasteiger partial charge in [-0.3, -0.25) is 0 Å². The number of amides is 1. The molecule has 0 atom stereocenters. The van der Waals surface area contributed by atoms with Crippen LogP contribution in [0.15, 0.2) is 0 Å². The van der Waals surface area contributed by atoms with Gasteiger partial charge in [0.05, 0.1) is 6.61 Å². The standard InChI is InChI=1S/C10H20N2O2/c1-3-11-9-5-7-12(8-6-9)10(13)14-4-2/h9,11H,3-8H2,1-2H3. The first kappa shape index (κ1) is 11.3. The summed E-state index contributed by atoms with van der Waals surface area (Å²) in [6, 6.07) is 0.575. The monoisotopic (exact) mass is 200 g/mol. The van der Waals surface area contributed by atoms with E-state index in [1.54, 1.807) is 4.90 Å². The second-order valence-electron chi connectivity index (χ2n) is 3.52. The van der Waals surface area contributed by atoms with Crippen molar-refractivity contribution in [1.82, 2.24) is 10.2 Å². The van der Waals surface area contributed by atoms with E-state index in [0.29, 0.717) is 12.6 Å². The fraction of sp³-hybridized carbons (Fsp3) is 0.900. The Balaban J connectivity index is 2.24. The van der Waals surface area contributed by atoms with Gasteiger partial charge >= 0.3 is 6.09 Å². The zero-order valence-electron chi connectivity index (χ0n) is 9.08. The van der Waals surface area contributed by atoms with Gasteiger partial charge in [-0.15, -0.1) is 0 Å². The molecule has 0 saturated carbocycles. The number of rotatable bonds is 3. The van der Waals surface area contributed by atoms with Crippen LogP contribution in [0, 0.1) is 0 Å². The lowest BCUT2D eigenvalue weighted by Crippen LogP contribution is -2.45. The van der Waals surface area contributed by atoms with E-state index in [1.807, 2.05) is 6.92 Å². The number of nitrogens with one attached hydrogen (secondary N) is 1. The molecule has 1 saturated heterocycles. The maximum Gasteiger partial charge on any atom is 0.409 e. The average molecular weight is 200 g/mol. The lowest BCUT2D eigenvalue weighted by molar-refractivity contribution is 0.0953. The minimum absolute atomic E-state index is 0.164. The molecule has 1 heterocycles. The maximum absolute atomic E-state index is 11.3. The molecule has 0 unspecified atom stereocenters. The molecule has 1 aliphatic rings. The van der Waals surface area contributed by atoms with Crippen LogP contribution < -0.4 is 5.32 Å². The van der Waals surface area contributed by atoms with E-state index in [1.165, 1.54) is 0 Å². The predicted molar refractivity (Wildman–Crippen MR) is 55.3 cm³/mol. The van der Waals surface area contributed by atoms with Crippen LogP contribution in [-0.2, 0) is 4.74 Å². The Hall–Kier alpha value is -0.770. The minimum atomic E-state index is -0.164. The summed E-state index contributed by atoms with van der Waals surface area (Å²) in [7, 11) is 0. The Bertz CT molecular complexity index is 177. The van der Waals surface area contributed by atoms with Crippen LogP contribution in [0.2, 0.25) is 0 Å². The van der Waals surface area contributed by atoms with Gasteiger partial charge in [0.15, 0.2) is 0 Å².